The van der Waals surface area contributed by atoms with Crippen LogP contribution in [0.15, 0.2) is 18.3 Å². The summed E-state index contributed by atoms with van der Waals surface area (Å²) in [5.74, 6) is 0.516. The molecule has 1 aromatic rings. The van der Waals surface area contributed by atoms with Crippen LogP contribution >= 0.6 is 0 Å². The first-order valence-electron chi connectivity index (χ1n) is 7.99. The minimum atomic E-state index is -0.338. The van der Waals surface area contributed by atoms with E-state index in [0.717, 1.165) is 52.2 Å². The van der Waals surface area contributed by atoms with E-state index in [2.05, 4.69) is 26.6 Å². The second-order valence-electron chi connectivity index (χ2n) is 5.96. The van der Waals surface area contributed by atoms with Crippen LogP contribution in [0.1, 0.15) is 13.3 Å². The summed E-state index contributed by atoms with van der Waals surface area (Å²) in [6, 6.07) is 3.65. The van der Waals surface area contributed by atoms with Crippen molar-refractivity contribution in [3.05, 3.63) is 28.4 Å². The van der Waals surface area contributed by atoms with Crippen LogP contribution in [0.25, 0.3) is 0 Å². The van der Waals surface area contributed by atoms with Crippen LogP contribution in [0.3, 0.4) is 0 Å². The van der Waals surface area contributed by atoms with Gasteiger partial charge in [0, 0.05) is 57.6 Å². The lowest BCUT2D eigenvalue weighted by Crippen LogP contribution is -2.50. The van der Waals surface area contributed by atoms with E-state index >= 15 is 0 Å². The van der Waals surface area contributed by atoms with E-state index in [4.69, 9.17) is 0 Å². The summed E-state index contributed by atoms with van der Waals surface area (Å²) in [6.45, 7) is 9.43. The Bertz CT molecular complexity index is 530. The van der Waals surface area contributed by atoms with Gasteiger partial charge in [0.25, 0.3) is 0 Å². The fraction of sp³-hybridized carbons (Fsp3) is 0.667. The number of pyridine rings is 1. The molecule has 1 atom stereocenters. The molecule has 1 aromatic heterocycles. The average Bonchev–Trinajstić information content (AvgIpc) is 3.04. The predicted molar refractivity (Wildman–Crippen MR) is 85.2 cm³/mol. The van der Waals surface area contributed by atoms with Crippen molar-refractivity contribution in [1.29, 1.82) is 0 Å². The smallest absolute Gasteiger partial charge is 0.311 e. The van der Waals surface area contributed by atoms with E-state index in [1.54, 1.807) is 12.3 Å². The first-order chi connectivity index (χ1) is 10.7. The molecule has 0 spiro atoms. The SMILES string of the molecule is CCN1CCN(C2CCN(c3ncccc3[N+](=O)[O-])C2)CC1. The van der Waals surface area contributed by atoms with Crippen molar-refractivity contribution >= 4 is 11.5 Å². The van der Waals surface area contributed by atoms with E-state index in [1.807, 2.05) is 0 Å². The summed E-state index contributed by atoms with van der Waals surface area (Å²) in [5.41, 5.74) is 0.110. The normalized spacial score (nSPS) is 23.9. The second kappa shape index (κ2) is 6.58. The third kappa shape index (κ3) is 3.05. The minimum Gasteiger partial charge on any atom is -0.349 e. The fourth-order valence-corrected chi connectivity index (χ4v) is 3.45. The highest BCUT2D eigenvalue weighted by Crippen LogP contribution is 2.29. The van der Waals surface area contributed by atoms with Gasteiger partial charge in [-0.2, -0.15) is 0 Å². The van der Waals surface area contributed by atoms with Crippen LogP contribution in [-0.4, -0.2) is 71.6 Å². The second-order valence-corrected chi connectivity index (χ2v) is 5.96. The molecule has 2 aliphatic rings. The monoisotopic (exact) mass is 305 g/mol. The van der Waals surface area contributed by atoms with Gasteiger partial charge < -0.3 is 9.80 Å². The summed E-state index contributed by atoms with van der Waals surface area (Å²) in [7, 11) is 0. The molecule has 3 rings (SSSR count). The Morgan fingerprint density at radius 2 is 2.09 bits per heavy atom. The zero-order chi connectivity index (χ0) is 15.5. The number of likely N-dealkylation sites (N-methyl/N-ethyl adjacent to an activating group) is 1. The summed E-state index contributed by atoms with van der Waals surface area (Å²) < 4.78 is 0. The van der Waals surface area contributed by atoms with Gasteiger partial charge in [-0.3, -0.25) is 15.0 Å². The molecule has 1 unspecified atom stereocenters. The Kier molecular flexibility index (Phi) is 4.54. The Labute approximate surface area is 130 Å². The van der Waals surface area contributed by atoms with Gasteiger partial charge in [-0.25, -0.2) is 4.98 Å². The number of nitro groups is 1. The molecular formula is C15H23N5O2. The lowest BCUT2D eigenvalue weighted by atomic mass is 10.2. The number of hydrogen-bond donors (Lipinski definition) is 0. The fourth-order valence-electron chi connectivity index (χ4n) is 3.45. The summed E-state index contributed by atoms with van der Waals surface area (Å²) in [6.07, 6.45) is 2.69. The van der Waals surface area contributed by atoms with Gasteiger partial charge in [0.2, 0.25) is 5.82 Å². The first kappa shape index (κ1) is 15.2. The molecule has 7 heteroatoms. The first-order valence-corrected chi connectivity index (χ1v) is 7.99. The van der Waals surface area contributed by atoms with Gasteiger partial charge in [-0.05, 0) is 19.0 Å². The van der Waals surface area contributed by atoms with Gasteiger partial charge in [0.1, 0.15) is 0 Å². The van der Waals surface area contributed by atoms with Gasteiger partial charge in [0.05, 0.1) is 4.92 Å². The van der Waals surface area contributed by atoms with Gasteiger partial charge in [-0.15, -0.1) is 0 Å². The van der Waals surface area contributed by atoms with Crippen LogP contribution in [0.4, 0.5) is 11.5 Å². The topological polar surface area (TPSA) is 65.8 Å². The molecule has 7 nitrogen and oxygen atoms in total. The maximum absolute atomic E-state index is 11.2. The molecule has 3 heterocycles. The number of nitrogens with zero attached hydrogens (tertiary/aromatic N) is 5. The molecule has 2 fully saturated rings. The maximum atomic E-state index is 11.2. The summed E-state index contributed by atoms with van der Waals surface area (Å²) >= 11 is 0. The molecule has 0 N–H and O–H groups in total. The van der Waals surface area contributed by atoms with E-state index in [1.165, 1.54) is 6.07 Å². The lowest BCUT2D eigenvalue weighted by Gasteiger charge is -2.37. The van der Waals surface area contributed by atoms with E-state index < -0.39 is 0 Å². The van der Waals surface area contributed by atoms with Crippen molar-refractivity contribution in [2.24, 2.45) is 0 Å². The molecule has 0 aliphatic carbocycles. The van der Waals surface area contributed by atoms with Crippen LogP contribution in [0, 0.1) is 10.1 Å². The third-order valence-corrected chi connectivity index (χ3v) is 4.80. The number of rotatable bonds is 4. The van der Waals surface area contributed by atoms with Crippen LogP contribution in [0.5, 0.6) is 0 Å². The molecule has 0 saturated carbocycles. The average molecular weight is 305 g/mol. The molecule has 0 amide bonds. The third-order valence-electron chi connectivity index (χ3n) is 4.80. The molecular weight excluding hydrogens is 282 g/mol. The van der Waals surface area contributed by atoms with Crippen molar-refractivity contribution in [3.63, 3.8) is 0 Å². The maximum Gasteiger partial charge on any atom is 0.311 e. The van der Waals surface area contributed by atoms with Gasteiger partial charge in [-0.1, -0.05) is 6.92 Å². The Balaban J connectivity index is 1.64. The molecule has 0 bridgehead atoms. The number of hydrogen-bond acceptors (Lipinski definition) is 6. The number of anilines is 1. The van der Waals surface area contributed by atoms with Gasteiger partial charge in [0.15, 0.2) is 0 Å². The van der Waals surface area contributed by atoms with E-state index in [0.29, 0.717) is 11.9 Å². The van der Waals surface area contributed by atoms with E-state index in [-0.39, 0.29) is 10.6 Å². The number of aromatic nitrogens is 1. The summed E-state index contributed by atoms with van der Waals surface area (Å²) in [4.78, 5) is 22.1. The molecule has 120 valence electrons. The minimum absolute atomic E-state index is 0.110. The molecule has 22 heavy (non-hydrogen) atoms. The zero-order valence-electron chi connectivity index (χ0n) is 13.0. The van der Waals surface area contributed by atoms with Crippen LogP contribution < -0.4 is 4.90 Å². The highest BCUT2D eigenvalue weighted by molar-refractivity contribution is 5.58. The Morgan fingerprint density at radius 3 is 2.77 bits per heavy atom. The largest absolute Gasteiger partial charge is 0.349 e. The van der Waals surface area contributed by atoms with Crippen LogP contribution in [-0.2, 0) is 0 Å². The molecule has 0 radical (unpaired) electrons. The zero-order valence-corrected chi connectivity index (χ0v) is 13.0. The van der Waals surface area contributed by atoms with Crippen LogP contribution in [0.2, 0.25) is 0 Å². The van der Waals surface area contributed by atoms with E-state index in [9.17, 15) is 10.1 Å². The molecule has 2 saturated heterocycles. The quantitative estimate of drug-likeness (QED) is 0.615. The highest BCUT2D eigenvalue weighted by Gasteiger charge is 2.32. The lowest BCUT2D eigenvalue weighted by molar-refractivity contribution is -0.384. The van der Waals surface area contributed by atoms with Crippen molar-refractivity contribution < 1.29 is 4.92 Å². The van der Waals surface area contributed by atoms with Crippen molar-refractivity contribution in [1.82, 2.24) is 14.8 Å². The highest BCUT2D eigenvalue weighted by atomic mass is 16.6. The molecule has 2 aliphatic heterocycles. The number of piperazine rings is 1. The Morgan fingerprint density at radius 1 is 1.32 bits per heavy atom. The predicted octanol–water partition coefficient (Wildman–Crippen LogP) is 1.21. The van der Waals surface area contributed by atoms with Crippen molar-refractivity contribution in [2.45, 2.75) is 19.4 Å². The van der Waals surface area contributed by atoms with Crippen molar-refractivity contribution in [3.8, 4) is 0 Å². The summed E-state index contributed by atoms with van der Waals surface area (Å²) in [5, 5.41) is 11.2. The van der Waals surface area contributed by atoms with Gasteiger partial charge >= 0.3 is 5.69 Å². The molecule has 0 aromatic carbocycles. The standard InChI is InChI=1S/C15H23N5O2/c1-2-17-8-10-18(11-9-17)13-5-7-19(12-13)15-14(20(21)22)4-3-6-16-15/h3-4,6,13H,2,5,7-12H2,1H3. The van der Waals surface area contributed by atoms with Crippen molar-refractivity contribution in [2.75, 3.05) is 50.7 Å². The Hall–Kier alpha value is -1.73.